The fraction of sp³-hybridized carbons (Fsp3) is 0.786. The lowest BCUT2D eigenvalue weighted by atomic mass is 10.2. The van der Waals surface area contributed by atoms with Crippen LogP contribution in [0.1, 0.15) is 62.0 Å². The van der Waals surface area contributed by atoms with Crippen molar-refractivity contribution in [3.8, 4) is 0 Å². The Morgan fingerprint density at radius 1 is 1.06 bits per heavy atom. The maximum Gasteiger partial charge on any atom is 0.0931 e. The highest BCUT2D eigenvalue weighted by Gasteiger charge is 2.09. The van der Waals surface area contributed by atoms with E-state index in [9.17, 15) is 0 Å². The van der Waals surface area contributed by atoms with E-state index in [4.69, 9.17) is 4.98 Å². The van der Waals surface area contributed by atoms with Gasteiger partial charge < -0.3 is 5.32 Å². The maximum atomic E-state index is 4.77. The molecule has 0 amide bonds. The van der Waals surface area contributed by atoms with Gasteiger partial charge in [-0.25, -0.2) is 4.98 Å². The Morgan fingerprint density at radius 3 is 2.47 bits per heavy atom. The minimum absolute atomic E-state index is 1.01. The van der Waals surface area contributed by atoms with E-state index in [-0.39, 0.29) is 0 Å². The molecule has 1 N–H and O–H groups in total. The first kappa shape index (κ1) is 14.7. The van der Waals surface area contributed by atoms with Gasteiger partial charge in [-0.2, -0.15) is 0 Å². The molecular weight excluding hydrogens is 228 g/mol. The van der Waals surface area contributed by atoms with E-state index < -0.39 is 0 Å². The predicted molar refractivity (Wildman–Crippen MR) is 76.7 cm³/mol. The van der Waals surface area contributed by atoms with Gasteiger partial charge in [-0.3, -0.25) is 0 Å². The molecule has 1 aromatic rings. The van der Waals surface area contributed by atoms with E-state index in [2.05, 4.69) is 26.1 Å². The molecule has 0 saturated heterocycles. The van der Waals surface area contributed by atoms with Crippen LogP contribution in [-0.4, -0.2) is 11.5 Å². The van der Waals surface area contributed by atoms with Crippen molar-refractivity contribution in [3.05, 3.63) is 15.6 Å². The summed E-state index contributed by atoms with van der Waals surface area (Å²) in [5.74, 6) is 0. The second-order valence-electron chi connectivity index (χ2n) is 4.51. The van der Waals surface area contributed by atoms with E-state index >= 15 is 0 Å². The fourth-order valence-corrected chi connectivity index (χ4v) is 3.02. The van der Waals surface area contributed by atoms with Gasteiger partial charge in [0.1, 0.15) is 0 Å². The Hall–Kier alpha value is -0.410. The molecule has 3 heteroatoms. The number of hydrogen-bond donors (Lipinski definition) is 1. The molecule has 1 heterocycles. The van der Waals surface area contributed by atoms with Crippen molar-refractivity contribution in [2.45, 2.75) is 65.8 Å². The summed E-state index contributed by atoms with van der Waals surface area (Å²) in [5, 5.41) is 4.85. The van der Waals surface area contributed by atoms with Crippen LogP contribution in [0.4, 0.5) is 0 Å². The van der Waals surface area contributed by atoms with Crippen LogP contribution in [0, 0.1) is 0 Å². The number of aromatic nitrogens is 1. The highest BCUT2D eigenvalue weighted by atomic mass is 32.1. The predicted octanol–water partition coefficient (Wildman–Crippen LogP) is 3.94. The Labute approximate surface area is 110 Å². The van der Waals surface area contributed by atoms with Crippen molar-refractivity contribution >= 4 is 11.3 Å². The molecule has 0 aliphatic heterocycles. The van der Waals surface area contributed by atoms with Crippen LogP contribution >= 0.6 is 11.3 Å². The molecule has 0 aliphatic rings. The van der Waals surface area contributed by atoms with Gasteiger partial charge >= 0.3 is 0 Å². The molecule has 17 heavy (non-hydrogen) atoms. The monoisotopic (exact) mass is 254 g/mol. The van der Waals surface area contributed by atoms with Gasteiger partial charge in [0.2, 0.25) is 0 Å². The standard InChI is InChI=1S/C14H26N2S/c1-4-7-10-15-11-13-12(8-5-2)16-14(17-13)9-6-3/h15H,4-11H2,1-3H3. The smallest absolute Gasteiger partial charge is 0.0931 e. The molecule has 0 spiro atoms. The number of hydrogen-bond acceptors (Lipinski definition) is 3. The summed E-state index contributed by atoms with van der Waals surface area (Å²) < 4.78 is 0. The van der Waals surface area contributed by atoms with Crippen molar-refractivity contribution in [2.24, 2.45) is 0 Å². The molecule has 0 aliphatic carbocycles. The maximum absolute atomic E-state index is 4.77. The van der Waals surface area contributed by atoms with Crippen molar-refractivity contribution in [1.29, 1.82) is 0 Å². The van der Waals surface area contributed by atoms with Crippen LogP contribution in [0.2, 0.25) is 0 Å². The third kappa shape index (κ3) is 5.17. The lowest BCUT2D eigenvalue weighted by Gasteiger charge is -2.03. The zero-order valence-electron chi connectivity index (χ0n) is 11.5. The van der Waals surface area contributed by atoms with Gasteiger partial charge in [0, 0.05) is 11.4 Å². The van der Waals surface area contributed by atoms with Gasteiger partial charge in [0.25, 0.3) is 0 Å². The Kier molecular flexibility index (Phi) is 7.45. The van der Waals surface area contributed by atoms with E-state index in [0.29, 0.717) is 0 Å². The third-order valence-corrected chi connectivity index (χ3v) is 3.92. The summed E-state index contributed by atoms with van der Waals surface area (Å²) in [6, 6.07) is 0. The van der Waals surface area contributed by atoms with Crippen molar-refractivity contribution in [2.75, 3.05) is 6.54 Å². The van der Waals surface area contributed by atoms with Gasteiger partial charge in [-0.1, -0.05) is 33.6 Å². The molecule has 1 rings (SSSR count). The Morgan fingerprint density at radius 2 is 1.82 bits per heavy atom. The highest BCUT2D eigenvalue weighted by molar-refractivity contribution is 7.11. The van der Waals surface area contributed by atoms with Crippen molar-refractivity contribution in [3.63, 3.8) is 0 Å². The molecule has 0 unspecified atom stereocenters. The summed E-state index contributed by atoms with van der Waals surface area (Å²) in [5.41, 5.74) is 1.34. The number of aryl methyl sites for hydroxylation is 2. The van der Waals surface area contributed by atoms with E-state index in [0.717, 1.165) is 25.9 Å². The van der Waals surface area contributed by atoms with Crippen LogP contribution in [0.15, 0.2) is 0 Å². The van der Waals surface area contributed by atoms with Crippen LogP contribution < -0.4 is 5.32 Å². The molecule has 98 valence electrons. The number of unbranched alkanes of at least 4 members (excludes halogenated alkanes) is 1. The lowest BCUT2D eigenvalue weighted by Crippen LogP contribution is -2.14. The minimum atomic E-state index is 1.01. The first-order valence-electron chi connectivity index (χ1n) is 6.99. The van der Waals surface area contributed by atoms with Crippen LogP contribution in [0.3, 0.4) is 0 Å². The first-order valence-corrected chi connectivity index (χ1v) is 7.81. The number of nitrogens with one attached hydrogen (secondary N) is 1. The lowest BCUT2D eigenvalue weighted by molar-refractivity contribution is 0.641. The Balaban J connectivity index is 2.54. The molecule has 1 aromatic heterocycles. The molecule has 0 radical (unpaired) electrons. The van der Waals surface area contributed by atoms with Crippen LogP contribution in [0.5, 0.6) is 0 Å². The zero-order chi connectivity index (χ0) is 12.5. The molecule has 0 fully saturated rings. The number of nitrogens with zero attached hydrogens (tertiary/aromatic N) is 1. The van der Waals surface area contributed by atoms with Gasteiger partial charge in [0.15, 0.2) is 0 Å². The van der Waals surface area contributed by atoms with Crippen LogP contribution in [0.25, 0.3) is 0 Å². The summed E-state index contributed by atoms with van der Waals surface area (Å²) >= 11 is 1.91. The molecule has 0 bridgehead atoms. The number of rotatable bonds is 9. The average molecular weight is 254 g/mol. The SMILES string of the molecule is CCCCNCc1sc(CCC)nc1CCC. The summed E-state index contributed by atoms with van der Waals surface area (Å²) in [4.78, 5) is 6.23. The normalized spacial score (nSPS) is 11.0. The first-order chi connectivity index (χ1) is 8.31. The average Bonchev–Trinajstić information content (AvgIpc) is 2.68. The van der Waals surface area contributed by atoms with Crippen molar-refractivity contribution in [1.82, 2.24) is 10.3 Å². The quantitative estimate of drug-likeness (QED) is 0.675. The summed E-state index contributed by atoms with van der Waals surface area (Å²) in [7, 11) is 0. The number of thiazole rings is 1. The van der Waals surface area contributed by atoms with E-state index in [1.54, 1.807) is 0 Å². The molecule has 2 nitrogen and oxygen atoms in total. The molecular formula is C14H26N2S. The summed E-state index contributed by atoms with van der Waals surface area (Å²) in [6.07, 6.45) is 7.18. The molecule has 0 aromatic carbocycles. The minimum Gasteiger partial charge on any atom is -0.312 e. The fourth-order valence-electron chi connectivity index (χ4n) is 1.83. The Bertz CT molecular complexity index is 307. The topological polar surface area (TPSA) is 24.9 Å². The second kappa shape index (κ2) is 8.65. The van der Waals surface area contributed by atoms with Gasteiger partial charge in [0.05, 0.1) is 10.7 Å². The molecule has 0 saturated carbocycles. The largest absolute Gasteiger partial charge is 0.312 e. The highest BCUT2D eigenvalue weighted by Crippen LogP contribution is 2.21. The second-order valence-corrected chi connectivity index (χ2v) is 5.68. The van der Waals surface area contributed by atoms with Gasteiger partial charge in [-0.15, -0.1) is 11.3 Å². The third-order valence-electron chi connectivity index (χ3n) is 2.77. The van der Waals surface area contributed by atoms with Crippen LogP contribution in [-0.2, 0) is 19.4 Å². The van der Waals surface area contributed by atoms with Gasteiger partial charge in [-0.05, 0) is 32.2 Å². The van der Waals surface area contributed by atoms with E-state index in [1.807, 2.05) is 11.3 Å². The van der Waals surface area contributed by atoms with E-state index in [1.165, 1.54) is 41.3 Å². The van der Waals surface area contributed by atoms with Crippen molar-refractivity contribution < 1.29 is 0 Å². The molecule has 0 atom stereocenters. The summed E-state index contributed by atoms with van der Waals surface area (Å²) in [6.45, 7) is 8.82. The zero-order valence-corrected chi connectivity index (χ0v) is 12.3.